The van der Waals surface area contributed by atoms with Crippen LogP contribution in [0.25, 0.3) is 0 Å². The van der Waals surface area contributed by atoms with Crippen LogP contribution in [0.2, 0.25) is 0 Å². The van der Waals surface area contributed by atoms with Gasteiger partial charge in [0.2, 0.25) is 5.91 Å². The number of likely N-dealkylation sites (N-methyl/N-ethyl adjacent to an activating group) is 1. The van der Waals surface area contributed by atoms with Crippen LogP contribution in [0.4, 0.5) is 0 Å². The Morgan fingerprint density at radius 2 is 1.72 bits per heavy atom. The van der Waals surface area contributed by atoms with Crippen LogP contribution in [-0.4, -0.2) is 49.1 Å². The van der Waals surface area contributed by atoms with E-state index in [9.17, 15) is 4.79 Å². The summed E-state index contributed by atoms with van der Waals surface area (Å²) in [5.74, 6) is 0.0956. The van der Waals surface area contributed by atoms with E-state index in [0.717, 1.165) is 19.4 Å². The molecule has 0 rings (SSSR count). The van der Waals surface area contributed by atoms with Crippen molar-refractivity contribution in [3.05, 3.63) is 0 Å². The predicted octanol–water partition coefficient (Wildman–Crippen LogP) is 1.61. The molecule has 1 amide bonds. The first-order valence-corrected chi connectivity index (χ1v) is 6.95. The molecule has 0 spiro atoms. The van der Waals surface area contributed by atoms with Crippen molar-refractivity contribution in [2.75, 3.05) is 20.6 Å². The van der Waals surface area contributed by atoms with Crippen molar-refractivity contribution < 1.29 is 4.79 Å². The van der Waals surface area contributed by atoms with Crippen molar-refractivity contribution >= 4 is 5.91 Å². The van der Waals surface area contributed by atoms with E-state index in [1.165, 1.54) is 0 Å². The fourth-order valence-electron chi connectivity index (χ4n) is 1.47. The fraction of sp³-hybridized carbons (Fsp3) is 0.929. The summed E-state index contributed by atoms with van der Waals surface area (Å²) < 4.78 is 0. The smallest absolute Gasteiger partial charge is 0.237 e. The molecule has 0 saturated heterocycles. The van der Waals surface area contributed by atoms with E-state index in [1.54, 1.807) is 0 Å². The first-order chi connectivity index (χ1) is 8.24. The summed E-state index contributed by atoms with van der Waals surface area (Å²) in [5, 5.41) is 6.37. The number of amides is 1. The van der Waals surface area contributed by atoms with E-state index in [-0.39, 0.29) is 17.5 Å². The van der Waals surface area contributed by atoms with Crippen LogP contribution in [0, 0.1) is 0 Å². The first kappa shape index (κ1) is 17.4. The summed E-state index contributed by atoms with van der Waals surface area (Å²) in [7, 11) is 4.10. The Morgan fingerprint density at radius 1 is 1.22 bits per heavy atom. The lowest BCUT2D eigenvalue weighted by Gasteiger charge is -2.34. The molecule has 108 valence electrons. The highest BCUT2D eigenvalue weighted by molar-refractivity contribution is 5.81. The molecule has 2 N–H and O–H groups in total. The Labute approximate surface area is 113 Å². The molecular weight excluding hydrogens is 226 g/mol. The average molecular weight is 257 g/mol. The lowest BCUT2D eigenvalue weighted by Crippen LogP contribution is -2.53. The standard InChI is InChI=1S/C14H31N3O/c1-8-12(9-2)16-13(18)11(3)15-10-14(4,5)17(6)7/h11-12,15H,8-10H2,1-7H3,(H,16,18). The van der Waals surface area contributed by atoms with E-state index in [1.807, 2.05) is 6.92 Å². The van der Waals surface area contributed by atoms with Crippen molar-refractivity contribution in [3.8, 4) is 0 Å². The lowest BCUT2D eigenvalue weighted by atomic mass is 10.0. The minimum absolute atomic E-state index is 0.0451. The fourth-order valence-corrected chi connectivity index (χ4v) is 1.47. The van der Waals surface area contributed by atoms with Gasteiger partial charge in [-0.3, -0.25) is 4.79 Å². The maximum Gasteiger partial charge on any atom is 0.237 e. The summed E-state index contributed by atoms with van der Waals surface area (Å²) in [6, 6.07) is 0.147. The number of carbonyl (C=O) groups excluding carboxylic acids is 1. The molecule has 0 aromatic heterocycles. The second kappa shape index (κ2) is 7.74. The SMILES string of the molecule is CCC(CC)NC(=O)C(C)NCC(C)(C)N(C)C. The number of nitrogens with zero attached hydrogens (tertiary/aromatic N) is 1. The lowest BCUT2D eigenvalue weighted by molar-refractivity contribution is -0.123. The zero-order valence-corrected chi connectivity index (χ0v) is 13.1. The third-order valence-corrected chi connectivity index (χ3v) is 3.78. The van der Waals surface area contributed by atoms with Gasteiger partial charge >= 0.3 is 0 Å². The topological polar surface area (TPSA) is 44.4 Å². The molecule has 18 heavy (non-hydrogen) atoms. The molecule has 0 heterocycles. The molecule has 0 aliphatic heterocycles. The molecule has 0 aromatic rings. The van der Waals surface area contributed by atoms with E-state index in [4.69, 9.17) is 0 Å². The molecule has 4 nitrogen and oxygen atoms in total. The average Bonchev–Trinajstić information content (AvgIpc) is 2.32. The Morgan fingerprint density at radius 3 is 2.11 bits per heavy atom. The van der Waals surface area contributed by atoms with Crippen molar-refractivity contribution in [2.45, 2.75) is 65.1 Å². The van der Waals surface area contributed by atoms with Crippen molar-refractivity contribution in [1.82, 2.24) is 15.5 Å². The highest BCUT2D eigenvalue weighted by Gasteiger charge is 2.23. The van der Waals surface area contributed by atoms with Gasteiger partial charge < -0.3 is 15.5 Å². The zero-order chi connectivity index (χ0) is 14.3. The van der Waals surface area contributed by atoms with Crippen LogP contribution in [0.1, 0.15) is 47.5 Å². The van der Waals surface area contributed by atoms with Crippen LogP contribution < -0.4 is 10.6 Å². The van der Waals surface area contributed by atoms with Crippen LogP contribution >= 0.6 is 0 Å². The van der Waals surface area contributed by atoms with Gasteiger partial charge in [0.05, 0.1) is 6.04 Å². The highest BCUT2D eigenvalue weighted by atomic mass is 16.2. The minimum atomic E-state index is -0.148. The molecule has 0 saturated carbocycles. The third kappa shape index (κ3) is 5.83. The van der Waals surface area contributed by atoms with Crippen molar-refractivity contribution in [3.63, 3.8) is 0 Å². The van der Waals surface area contributed by atoms with Crippen LogP contribution in [0.3, 0.4) is 0 Å². The second-order valence-electron chi connectivity index (χ2n) is 5.83. The Kier molecular flexibility index (Phi) is 7.48. The monoisotopic (exact) mass is 257 g/mol. The van der Waals surface area contributed by atoms with Crippen molar-refractivity contribution in [2.24, 2.45) is 0 Å². The van der Waals surface area contributed by atoms with E-state index in [2.05, 4.69) is 57.3 Å². The molecule has 4 heteroatoms. The first-order valence-electron chi connectivity index (χ1n) is 6.95. The zero-order valence-electron chi connectivity index (χ0n) is 13.1. The van der Waals surface area contributed by atoms with Gasteiger partial charge in [0.15, 0.2) is 0 Å². The molecule has 0 bridgehead atoms. The molecule has 0 aliphatic carbocycles. The number of nitrogens with one attached hydrogen (secondary N) is 2. The predicted molar refractivity (Wildman–Crippen MR) is 77.7 cm³/mol. The van der Waals surface area contributed by atoms with E-state index >= 15 is 0 Å². The normalized spacial score (nSPS) is 14.1. The maximum atomic E-state index is 12.0. The van der Waals surface area contributed by atoms with Gasteiger partial charge in [-0.25, -0.2) is 0 Å². The van der Waals surface area contributed by atoms with Crippen LogP contribution in [0.15, 0.2) is 0 Å². The molecule has 0 aromatic carbocycles. The minimum Gasteiger partial charge on any atom is -0.352 e. The Balaban J connectivity index is 4.17. The van der Waals surface area contributed by atoms with Gasteiger partial charge in [-0.2, -0.15) is 0 Å². The van der Waals surface area contributed by atoms with Gasteiger partial charge in [-0.15, -0.1) is 0 Å². The second-order valence-corrected chi connectivity index (χ2v) is 5.83. The third-order valence-electron chi connectivity index (χ3n) is 3.78. The van der Waals surface area contributed by atoms with E-state index in [0.29, 0.717) is 6.04 Å². The summed E-state index contributed by atoms with van der Waals surface area (Å²) >= 11 is 0. The van der Waals surface area contributed by atoms with Crippen LogP contribution in [-0.2, 0) is 4.79 Å². The number of hydrogen-bond donors (Lipinski definition) is 2. The van der Waals surface area contributed by atoms with Gasteiger partial charge in [0.1, 0.15) is 0 Å². The van der Waals surface area contributed by atoms with Gasteiger partial charge in [-0.05, 0) is 47.7 Å². The number of rotatable bonds is 8. The van der Waals surface area contributed by atoms with Crippen LogP contribution in [0.5, 0.6) is 0 Å². The molecule has 0 radical (unpaired) electrons. The van der Waals surface area contributed by atoms with E-state index < -0.39 is 0 Å². The highest BCUT2D eigenvalue weighted by Crippen LogP contribution is 2.08. The largest absolute Gasteiger partial charge is 0.352 e. The summed E-state index contributed by atoms with van der Waals surface area (Å²) in [4.78, 5) is 14.1. The molecule has 0 fully saturated rings. The summed E-state index contributed by atoms with van der Waals surface area (Å²) in [6.07, 6.45) is 1.97. The van der Waals surface area contributed by atoms with Gasteiger partial charge in [0, 0.05) is 18.1 Å². The molecule has 1 atom stereocenters. The van der Waals surface area contributed by atoms with Gasteiger partial charge in [-0.1, -0.05) is 13.8 Å². The Hall–Kier alpha value is -0.610. The summed E-state index contributed by atoms with van der Waals surface area (Å²) in [5.41, 5.74) is 0.0451. The molecule has 1 unspecified atom stereocenters. The quantitative estimate of drug-likeness (QED) is 0.694. The van der Waals surface area contributed by atoms with Crippen molar-refractivity contribution in [1.29, 1.82) is 0 Å². The number of hydrogen-bond acceptors (Lipinski definition) is 3. The Bertz CT molecular complexity index is 247. The molecular formula is C14H31N3O. The maximum absolute atomic E-state index is 12.0. The molecule has 0 aliphatic rings. The number of carbonyl (C=O) groups is 1. The summed E-state index contributed by atoms with van der Waals surface area (Å²) in [6.45, 7) is 11.2. The van der Waals surface area contributed by atoms with Gasteiger partial charge in [0.25, 0.3) is 0 Å².